The normalized spacial score (nSPS) is 22.4. The molecule has 54 heavy (non-hydrogen) atoms. The molecule has 1 unspecified atom stereocenters. The number of likely N-dealkylation sites (tertiary alicyclic amines) is 2. The van der Waals surface area contributed by atoms with E-state index in [-0.39, 0.29) is 23.6 Å². The molecule has 2 aromatic heterocycles. The van der Waals surface area contributed by atoms with Crippen molar-refractivity contribution in [2.24, 2.45) is 20.0 Å². The highest BCUT2D eigenvalue weighted by molar-refractivity contribution is 6.00. The zero-order chi connectivity index (χ0) is 38.0. The van der Waals surface area contributed by atoms with E-state index >= 15 is 0 Å². The van der Waals surface area contributed by atoms with Crippen molar-refractivity contribution in [3.63, 3.8) is 0 Å². The van der Waals surface area contributed by atoms with Crippen LogP contribution < -0.4 is 30.9 Å². The Morgan fingerprint density at radius 2 is 1.57 bits per heavy atom. The number of fused-ring (bicyclic) bond motifs is 3. The van der Waals surface area contributed by atoms with Gasteiger partial charge in [-0.3, -0.25) is 38.6 Å². The van der Waals surface area contributed by atoms with Crippen LogP contribution in [0.1, 0.15) is 54.8 Å². The van der Waals surface area contributed by atoms with E-state index in [4.69, 9.17) is 9.47 Å². The predicted octanol–water partition coefficient (Wildman–Crippen LogP) is 3.49. The van der Waals surface area contributed by atoms with Crippen molar-refractivity contribution >= 4 is 28.5 Å². The second-order valence-electron chi connectivity index (χ2n) is 15.8. The van der Waals surface area contributed by atoms with Gasteiger partial charge in [0.25, 0.3) is 5.56 Å². The molecule has 0 aliphatic carbocycles. The van der Waals surface area contributed by atoms with Crippen LogP contribution in [0.5, 0.6) is 11.5 Å². The minimum absolute atomic E-state index is 0.0139. The quantitative estimate of drug-likeness (QED) is 0.258. The Morgan fingerprint density at radius 1 is 0.852 bits per heavy atom. The highest BCUT2D eigenvalue weighted by Gasteiger charge is 2.44. The summed E-state index contributed by atoms with van der Waals surface area (Å²) >= 11 is 0. The fraction of sp³-hybridized carbons (Fsp3) is 0.512. The molecule has 0 saturated carbocycles. The number of imide groups is 1. The molecular formula is C41H51N7O6. The number of anilines is 1. The number of nitrogens with zero attached hydrogens (tertiary/aromatic N) is 6. The Hall–Kier alpha value is -4.88. The van der Waals surface area contributed by atoms with Gasteiger partial charge < -0.3 is 18.9 Å². The number of ether oxygens (including phenoxy) is 2. The smallest absolute Gasteiger partial charge is 0.329 e. The van der Waals surface area contributed by atoms with E-state index in [1.165, 1.54) is 0 Å². The van der Waals surface area contributed by atoms with E-state index in [1.807, 2.05) is 26.1 Å². The number of nitrogens with one attached hydrogen (secondary N) is 1. The van der Waals surface area contributed by atoms with Gasteiger partial charge in [0.1, 0.15) is 17.5 Å². The fourth-order valence-electron chi connectivity index (χ4n) is 9.49. The van der Waals surface area contributed by atoms with Crippen LogP contribution in [0.3, 0.4) is 0 Å². The second kappa shape index (κ2) is 14.1. The number of pyridine rings is 1. The van der Waals surface area contributed by atoms with Gasteiger partial charge in [-0.2, -0.15) is 0 Å². The van der Waals surface area contributed by atoms with Gasteiger partial charge in [-0.15, -0.1) is 0 Å². The molecule has 0 spiro atoms. The van der Waals surface area contributed by atoms with Crippen molar-refractivity contribution in [2.75, 3.05) is 51.8 Å². The number of carbonyl (C=O) groups excluding carboxylic acids is 2. The van der Waals surface area contributed by atoms with Crippen molar-refractivity contribution in [1.82, 2.24) is 28.8 Å². The van der Waals surface area contributed by atoms with Crippen LogP contribution in [-0.2, 0) is 30.2 Å². The molecule has 4 aromatic rings. The molecule has 0 radical (unpaired) electrons. The van der Waals surface area contributed by atoms with Crippen molar-refractivity contribution < 1.29 is 19.1 Å². The van der Waals surface area contributed by atoms with Gasteiger partial charge in [0.2, 0.25) is 11.8 Å². The van der Waals surface area contributed by atoms with E-state index in [9.17, 15) is 19.2 Å². The molecule has 2 bridgehead atoms. The van der Waals surface area contributed by atoms with Crippen LogP contribution in [0.25, 0.3) is 22.2 Å². The van der Waals surface area contributed by atoms with Crippen LogP contribution in [0.4, 0.5) is 5.69 Å². The van der Waals surface area contributed by atoms with E-state index < -0.39 is 11.9 Å². The first-order valence-corrected chi connectivity index (χ1v) is 19.2. The number of aryl methyl sites for hydroxylation is 2. The lowest BCUT2D eigenvalue weighted by Gasteiger charge is -2.39. The number of piperazine rings is 1. The number of aromatic nitrogens is 3. The average molecular weight is 738 g/mol. The molecule has 4 aliphatic heterocycles. The zero-order valence-electron chi connectivity index (χ0n) is 32.2. The SMILES string of the molecule is COc1cc(-c2cn(C)c(=O)c(C)c2C)cc(OC)c1CN1CCC(CN2C[C@@H]3C[C@H]2CN3c2ccc3c(c2)n(C)c(=O)n3C2CCC(=O)NC2=O)CC1. The molecular weight excluding hydrogens is 686 g/mol. The van der Waals surface area contributed by atoms with Crippen LogP contribution >= 0.6 is 0 Å². The zero-order valence-corrected chi connectivity index (χ0v) is 32.2. The standard InChI is InChI=1S/C41H51N7O6/c1-24-25(2)40(51)43(3)22-31(24)27-15-36(53-5)32(37(16-27)54-6)23-45-13-11-26(12-14-45)19-46-20-30-17-29(46)21-47(30)28-7-8-33-35(18-28)44(4)41(52)48(33)34-9-10-38(49)42-39(34)50/h7-8,15-16,18,22,26,29-30,34H,9-14,17,19-21,23H2,1-6H3,(H,42,49,50)/t29-,30-,34?/m0/s1. The monoisotopic (exact) mass is 737 g/mol. The fourth-order valence-corrected chi connectivity index (χ4v) is 9.49. The van der Waals surface area contributed by atoms with Crippen LogP contribution in [0, 0.1) is 19.8 Å². The predicted molar refractivity (Wildman–Crippen MR) is 207 cm³/mol. The number of imidazole rings is 1. The highest BCUT2D eigenvalue weighted by atomic mass is 16.5. The van der Waals surface area contributed by atoms with E-state index in [1.54, 1.807) is 42.0 Å². The first-order chi connectivity index (χ1) is 25.9. The molecule has 4 fully saturated rings. The summed E-state index contributed by atoms with van der Waals surface area (Å²) in [7, 11) is 6.95. The molecule has 8 rings (SSSR count). The van der Waals surface area contributed by atoms with Crippen molar-refractivity contribution in [1.29, 1.82) is 0 Å². The minimum atomic E-state index is -0.682. The summed E-state index contributed by atoms with van der Waals surface area (Å²) in [6, 6.07) is 10.5. The summed E-state index contributed by atoms with van der Waals surface area (Å²) in [4.78, 5) is 57.9. The molecule has 286 valence electrons. The van der Waals surface area contributed by atoms with E-state index in [0.717, 1.165) is 115 Å². The van der Waals surface area contributed by atoms with Gasteiger partial charge in [-0.1, -0.05) is 0 Å². The second-order valence-corrected chi connectivity index (χ2v) is 15.8. The summed E-state index contributed by atoms with van der Waals surface area (Å²) in [5.41, 5.74) is 7.12. The van der Waals surface area contributed by atoms with Gasteiger partial charge in [-0.05, 0) is 100.0 Å². The number of hydrogen-bond donors (Lipinski definition) is 1. The molecule has 1 N–H and O–H groups in total. The Labute approximate surface area is 315 Å². The first-order valence-electron chi connectivity index (χ1n) is 19.2. The average Bonchev–Trinajstić information content (AvgIpc) is 3.84. The van der Waals surface area contributed by atoms with Gasteiger partial charge in [-0.25, -0.2) is 4.79 Å². The number of amides is 2. The van der Waals surface area contributed by atoms with Gasteiger partial charge >= 0.3 is 5.69 Å². The maximum absolute atomic E-state index is 13.3. The third-order valence-electron chi connectivity index (χ3n) is 12.7. The maximum Gasteiger partial charge on any atom is 0.329 e. The summed E-state index contributed by atoms with van der Waals surface area (Å²) in [5.74, 6) is 1.53. The lowest BCUT2D eigenvalue weighted by molar-refractivity contribution is -0.135. The van der Waals surface area contributed by atoms with Gasteiger partial charge in [0.05, 0.1) is 30.8 Å². The van der Waals surface area contributed by atoms with Crippen molar-refractivity contribution in [3.8, 4) is 22.6 Å². The lowest BCUT2D eigenvalue weighted by Crippen LogP contribution is -2.49. The van der Waals surface area contributed by atoms with Gasteiger partial charge in [0.15, 0.2) is 0 Å². The van der Waals surface area contributed by atoms with Crippen molar-refractivity contribution in [3.05, 3.63) is 74.1 Å². The molecule has 2 aromatic carbocycles. The lowest BCUT2D eigenvalue weighted by atomic mass is 9.94. The third kappa shape index (κ3) is 6.20. The number of piperidine rings is 2. The highest BCUT2D eigenvalue weighted by Crippen LogP contribution is 2.39. The number of benzene rings is 2. The molecule has 13 nitrogen and oxygen atoms in total. The molecule has 6 heterocycles. The third-order valence-corrected chi connectivity index (χ3v) is 12.7. The number of methoxy groups -OCH3 is 2. The van der Waals surface area contributed by atoms with E-state index in [2.05, 4.69) is 44.3 Å². The molecule has 4 aliphatic rings. The summed E-state index contributed by atoms with van der Waals surface area (Å²) in [6.45, 7) is 9.76. The first kappa shape index (κ1) is 36.1. The molecule has 3 atom stereocenters. The van der Waals surface area contributed by atoms with Crippen LogP contribution in [0.15, 0.2) is 46.1 Å². The topological polar surface area (TPSA) is 123 Å². The van der Waals surface area contributed by atoms with Crippen LogP contribution in [0.2, 0.25) is 0 Å². The Balaban J connectivity index is 0.891. The van der Waals surface area contributed by atoms with Gasteiger partial charge in [0, 0.05) is 81.8 Å². The summed E-state index contributed by atoms with van der Waals surface area (Å²) in [5, 5.41) is 2.39. The Morgan fingerprint density at radius 3 is 2.22 bits per heavy atom. The summed E-state index contributed by atoms with van der Waals surface area (Å²) in [6.07, 6.45) is 5.87. The number of hydrogen-bond acceptors (Lipinski definition) is 9. The minimum Gasteiger partial charge on any atom is -0.496 e. The molecule has 13 heteroatoms. The van der Waals surface area contributed by atoms with Crippen molar-refractivity contribution in [2.45, 2.75) is 70.6 Å². The summed E-state index contributed by atoms with van der Waals surface area (Å²) < 4.78 is 16.7. The molecule has 4 saturated heterocycles. The number of carbonyl (C=O) groups is 2. The van der Waals surface area contributed by atoms with Crippen LogP contribution in [-0.4, -0.2) is 94.3 Å². The maximum atomic E-state index is 13.3. The molecule has 2 amide bonds. The number of rotatable bonds is 9. The van der Waals surface area contributed by atoms with E-state index in [0.29, 0.717) is 24.4 Å². The largest absolute Gasteiger partial charge is 0.496 e. The Bertz CT molecular complexity index is 2240. The Kier molecular flexibility index (Phi) is 9.41.